The molecule has 4 aromatic carbocycles. The average molecular weight is 639 g/mol. The standard InChI is InChI=1S/C33H20F6N2O5/c1-17-3-5-18(6-4-17)31(32(34,35)36,33(37,38)39)19-7-9-20(10-8-19)41-29(44)24-14-12-22(16-26(24)30(41)45)46-21-11-13-23-25(15-21)28(43)40(2)27(23)42/h3-16H,1-2H3. The van der Waals surface area contributed by atoms with E-state index in [1.165, 1.54) is 50.4 Å². The molecule has 4 amide bonds. The number of imide groups is 2. The molecule has 0 atom stereocenters. The highest BCUT2D eigenvalue weighted by molar-refractivity contribution is 6.34. The molecular formula is C33H20F6N2O5. The Labute approximate surface area is 256 Å². The summed E-state index contributed by atoms with van der Waals surface area (Å²) in [6.07, 6.45) is -11.6. The smallest absolute Gasteiger partial charge is 0.411 e. The van der Waals surface area contributed by atoms with Gasteiger partial charge in [-0.1, -0.05) is 42.0 Å². The van der Waals surface area contributed by atoms with Crippen molar-refractivity contribution in [1.82, 2.24) is 4.90 Å². The zero-order chi connectivity index (χ0) is 33.3. The van der Waals surface area contributed by atoms with Gasteiger partial charge < -0.3 is 4.74 Å². The van der Waals surface area contributed by atoms with Crippen LogP contribution >= 0.6 is 0 Å². The molecule has 2 heterocycles. The fourth-order valence-corrected chi connectivity index (χ4v) is 5.70. The Kier molecular flexibility index (Phi) is 6.84. The van der Waals surface area contributed by atoms with E-state index in [1.54, 1.807) is 0 Å². The van der Waals surface area contributed by atoms with Crippen LogP contribution in [0.3, 0.4) is 0 Å². The van der Waals surface area contributed by atoms with E-state index in [0.29, 0.717) is 22.6 Å². The monoisotopic (exact) mass is 638 g/mol. The molecule has 7 nitrogen and oxygen atoms in total. The van der Waals surface area contributed by atoms with Crippen LogP contribution in [0.4, 0.5) is 32.0 Å². The first-order valence-electron chi connectivity index (χ1n) is 13.5. The normalized spacial score (nSPS) is 15.0. The van der Waals surface area contributed by atoms with Gasteiger partial charge in [0.1, 0.15) is 11.5 Å². The second-order valence-electron chi connectivity index (χ2n) is 10.8. The van der Waals surface area contributed by atoms with Gasteiger partial charge in [-0.15, -0.1) is 0 Å². The lowest BCUT2D eigenvalue weighted by atomic mass is 9.72. The molecule has 13 heteroatoms. The van der Waals surface area contributed by atoms with Gasteiger partial charge in [0, 0.05) is 7.05 Å². The van der Waals surface area contributed by atoms with Crippen LogP contribution in [0.1, 0.15) is 58.1 Å². The largest absolute Gasteiger partial charge is 0.457 e. The SMILES string of the molecule is Cc1ccc(C(c2ccc(N3C(=O)c4ccc(Oc5ccc6c(c5)C(=O)N(C)C6=O)cc4C3=O)cc2)(C(F)(F)F)C(F)(F)F)cc1. The van der Waals surface area contributed by atoms with E-state index in [9.17, 15) is 45.5 Å². The first-order chi connectivity index (χ1) is 21.6. The van der Waals surface area contributed by atoms with Crippen LogP contribution in [0.15, 0.2) is 84.9 Å². The number of benzene rings is 4. The molecule has 0 saturated heterocycles. The van der Waals surface area contributed by atoms with Crippen molar-refractivity contribution in [2.24, 2.45) is 0 Å². The van der Waals surface area contributed by atoms with E-state index in [1.807, 2.05) is 0 Å². The number of nitrogens with zero attached hydrogens (tertiary/aromatic N) is 2. The zero-order valence-electron chi connectivity index (χ0n) is 23.8. The minimum absolute atomic E-state index is 0.0719. The van der Waals surface area contributed by atoms with Crippen molar-refractivity contribution < 1.29 is 50.3 Å². The summed E-state index contributed by atoms with van der Waals surface area (Å²) < 4.78 is 92.6. The Hall–Kier alpha value is -5.46. The third-order valence-electron chi connectivity index (χ3n) is 8.05. The number of hydrogen-bond donors (Lipinski definition) is 0. The highest BCUT2D eigenvalue weighted by Crippen LogP contribution is 2.56. The second-order valence-corrected chi connectivity index (χ2v) is 10.8. The summed E-state index contributed by atoms with van der Waals surface area (Å²) in [6, 6.07) is 14.8. The van der Waals surface area contributed by atoms with Crippen molar-refractivity contribution in [1.29, 1.82) is 0 Å². The minimum atomic E-state index is -5.80. The van der Waals surface area contributed by atoms with Gasteiger partial charge in [-0.3, -0.25) is 24.1 Å². The predicted octanol–water partition coefficient (Wildman–Crippen LogP) is 7.22. The highest BCUT2D eigenvalue weighted by Gasteiger charge is 2.72. The molecule has 6 rings (SSSR count). The third kappa shape index (κ3) is 4.44. The molecule has 0 unspecified atom stereocenters. The summed E-state index contributed by atoms with van der Waals surface area (Å²) in [5.74, 6) is -2.49. The molecule has 0 radical (unpaired) electrons. The van der Waals surface area contributed by atoms with E-state index < -0.39 is 52.5 Å². The predicted molar refractivity (Wildman–Crippen MR) is 151 cm³/mol. The lowest BCUT2D eigenvalue weighted by Gasteiger charge is -2.38. The number of carbonyl (C=O) groups excluding carboxylic acids is 4. The van der Waals surface area contributed by atoms with Gasteiger partial charge in [-0.2, -0.15) is 26.3 Å². The summed E-state index contributed by atoms with van der Waals surface area (Å²) in [6.45, 7) is 1.52. The lowest BCUT2D eigenvalue weighted by Crippen LogP contribution is -2.54. The molecular weight excluding hydrogens is 618 g/mol. The molecule has 2 aliphatic rings. The maximum absolute atomic E-state index is 14.5. The van der Waals surface area contributed by atoms with Gasteiger partial charge in [0.05, 0.1) is 27.9 Å². The number of carbonyl (C=O) groups is 4. The number of amides is 4. The molecule has 2 aliphatic heterocycles. The molecule has 4 aromatic rings. The van der Waals surface area contributed by atoms with Crippen molar-refractivity contribution in [3.05, 3.63) is 124 Å². The van der Waals surface area contributed by atoms with E-state index in [2.05, 4.69) is 0 Å². The van der Waals surface area contributed by atoms with Crippen LogP contribution in [0.2, 0.25) is 0 Å². The number of rotatable bonds is 5. The topological polar surface area (TPSA) is 84.0 Å². The highest BCUT2D eigenvalue weighted by atomic mass is 19.4. The maximum atomic E-state index is 14.5. The summed E-state index contributed by atoms with van der Waals surface area (Å²) in [5, 5.41) is 0. The number of alkyl halides is 6. The Bertz CT molecular complexity index is 1940. The molecule has 0 spiro atoms. The van der Waals surface area contributed by atoms with E-state index in [0.717, 1.165) is 41.3 Å². The summed E-state index contributed by atoms with van der Waals surface area (Å²) in [4.78, 5) is 52.6. The van der Waals surface area contributed by atoms with Crippen molar-refractivity contribution in [3.8, 4) is 11.5 Å². The molecule has 0 bridgehead atoms. The fraction of sp³-hybridized carbons (Fsp3) is 0.152. The van der Waals surface area contributed by atoms with Crippen molar-refractivity contribution in [2.75, 3.05) is 11.9 Å². The molecule has 0 aliphatic carbocycles. The maximum Gasteiger partial charge on any atom is 0.411 e. The number of fused-ring (bicyclic) bond motifs is 2. The van der Waals surface area contributed by atoms with Crippen LogP contribution < -0.4 is 9.64 Å². The van der Waals surface area contributed by atoms with Gasteiger partial charge in [0.25, 0.3) is 23.6 Å². The van der Waals surface area contributed by atoms with Gasteiger partial charge in [-0.25, -0.2) is 4.90 Å². The van der Waals surface area contributed by atoms with Crippen molar-refractivity contribution in [2.45, 2.75) is 24.7 Å². The lowest BCUT2D eigenvalue weighted by molar-refractivity contribution is -0.288. The molecule has 46 heavy (non-hydrogen) atoms. The quantitative estimate of drug-likeness (QED) is 0.170. The number of hydrogen-bond acceptors (Lipinski definition) is 5. The van der Waals surface area contributed by atoms with Crippen molar-refractivity contribution >= 4 is 29.3 Å². The molecule has 0 saturated carbocycles. The van der Waals surface area contributed by atoms with Gasteiger partial charge >= 0.3 is 12.4 Å². The van der Waals surface area contributed by atoms with Crippen LogP contribution in [-0.2, 0) is 5.41 Å². The Balaban J connectivity index is 1.32. The third-order valence-corrected chi connectivity index (χ3v) is 8.05. The average Bonchev–Trinajstić information content (AvgIpc) is 3.36. The molecule has 0 fully saturated rings. The molecule has 234 valence electrons. The van der Waals surface area contributed by atoms with E-state index in [-0.39, 0.29) is 39.4 Å². The first-order valence-corrected chi connectivity index (χ1v) is 13.5. The number of ether oxygens (including phenoxy) is 1. The minimum Gasteiger partial charge on any atom is -0.457 e. The van der Waals surface area contributed by atoms with Crippen LogP contribution in [0.25, 0.3) is 0 Å². The molecule has 0 N–H and O–H groups in total. The first kappa shape index (κ1) is 30.6. The van der Waals surface area contributed by atoms with Crippen LogP contribution in [0.5, 0.6) is 11.5 Å². The van der Waals surface area contributed by atoms with E-state index >= 15 is 0 Å². The van der Waals surface area contributed by atoms with Gasteiger partial charge in [-0.05, 0) is 66.6 Å². The summed E-state index contributed by atoms with van der Waals surface area (Å²) in [5.41, 5.74) is -6.24. The van der Waals surface area contributed by atoms with Gasteiger partial charge in [0.15, 0.2) is 0 Å². The number of anilines is 1. The van der Waals surface area contributed by atoms with E-state index in [4.69, 9.17) is 4.74 Å². The summed E-state index contributed by atoms with van der Waals surface area (Å²) in [7, 11) is 1.33. The van der Waals surface area contributed by atoms with Crippen LogP contribution in [-0.4, -0.2) is 47.9 Å². The van der Waals surface area contributed by atoms with Crippen LogP contribution in [0, 0.1) is 6.92 Å². The van der Waals surface area contributed by atoms with Crippen molar-refractivity contribution in [3.63, 3.8) is 0 Å². The summed E-state index contributed by atoms with van der Waals surface area (Å²) >= 11 is 0. The number of halogens is 6. The fourth-order valence-electron chi connectivity index (χ4n) is 5.70. The zero-order valence-corrected chi connectivity index (χ0v) is 23.8. The Morgan fingerprint density at radius 3 is 1.46 bits per heavy atom. The second kappa shape index (κ2) is 10.3. The Morgan fingerprint density at radius 2 is 0.957 bits per heavy atom. The van der Waals surface area contributed by atoms with Gasteiger partial charge in [0.2, 0.25) is 5.41 Å². The molecule has 0 aromatic heterocycles. The Morgan fingerprint density at radius 1 is 0.543 bits per heavy atom. The number of aryl methyl sites for hydroxylation is 1.